The van der Waals surface area contributed by atoms with Crippen molar-refractivity contribution in [3.05, 3.63) is 64.8 Å². The number of aromatic nitrogens is 1. The van der Waals surface area contributed by atoms with Gasteiger partial charge in [-0.15, -0.1) is 11.8 Å². The molecule has 0 saturated carbocycles. The van der Waals surface area contributed by atoms with Gasteiger partial charge in [0.15, 0.2) is 0 Å². The standard InChI is InChI=1S/C29H36ClN3O4S/c1-20-4-7-22(8-5-20)38-17-3-14-33-15-12-29(13-16-33,28(35)32-36)11-10-26(34)27-23-18-21(37-2)6-9-25(23)31-19-24(27)30/h4-9,18-19,26,34,36H,3,10-17H2,1-2H3,(H,32,35). The number of hydrogen-bond acceptors (Lipinski definition) is 7. The van der Waals surface area contributed by atoms with Gasteiger partial charge in [-0.3, -0.25) is 15.0 Å². The number of fused-ring (bicyclic) bond motifs is 1. The number of ether oxygens (including phenoxy) is 1. The van der Waals surface area contributed by atoms with Crippen molar-refractivity contribution in [1.29, 1.82) is 0 Å². The normalized spacial score (nSPS) is 16.3. The van der Waals surface area contributed by atoms with Gasteiger partial charge < -0.3 is 14.7 Å². The van der Waals surface area contributed by atoms with E-state index in [4.69, 9.17) is 16.3 Å². The minimum atomic E-state index is -0.889. The molecule has 1 aliphatic rings. The Morgan fingerprint density at radius 1 is 1.24 bits per heavy atom. The van der Waals surface area contributed by atoms with E-state index < -0.39 is 11.5 Å². The molecule has 1 saturated heterocycles. The van der Waals surface area contributed by atoms with Crippen LogP contribution in [0.15, 0.2) is 53.6 Å². The van der Waals surface area contributed by atoms with Crippen LogP contribution in [0.2, 0.25) is 5.02 Å². The van der Waals surface area contributed by atoms with Gasteiger partial charge in [-0.1, -0.05) is 29.3 Å². The summed E-state index contributed by atoms with van der Waals surface area (Å²) < 4.78 is 5.35. The molecule has 2 heterocycles. The molecule has 0 aliphatic carbocycles. The second kappa shape index (κ2) is 13.1. The molecule has 7 nitrogen and oxygen atoms in total. The van der Waals surface area contributed by atoms with Crippen LogP contribution in [0.1, 0.15) is 49.3 Å². The fourth-order valence-electron chi connectivity index (χ4n) is 5.22. The van der Waals surface area contributed by atoms with Crippen LogP contribution in [-0.2, 0) is 4.79 Å². The molecule has 9 heteroatoms. The second-order valence-electron chi connectivity index (χ2n) is 10.0. The Hall–Kier alpha value is -2.36. The molecule has 1 amide bonds. The number of thioether (sulfide) groups is 1. The molecule has 3 N–H and O–H groups in total. The molecule has 204 valence electrons. The third kappa shape index (κ3) is 6.79. The van der Waals surface area contributed by atoms with Gasteiger partial charge in [0.2, 0.25) is 5.91 Å². The smallest absolute Gasteiger partial charge is 0.249 e. The van der Waals surface area contributed by atoms with Crippen LogP contribution in [0.3, 0.4) is 0 Å². The van der Waals surface area contributed by atoms with Crippen LogP contribution in [0.4, 0.5) is 0 Å². The number of aliphatic hydroxyl groups excluding tert-OH is 1. The SMILES string of the molecule is COc1ccc2ncc(Cl)c(C(O)CCC3(C(=O)NO)CCN(CCCSc4ccc(C)cc4)CC3)c2c1. The second-order valence-corrected chi connectivity index (χ2v) is 11.6. The van der Waals surface area contributed by atoms with E-state index in [2.05, 4.69) is 41.1 Å². The summed E-state index contributed by atoms with van der Waals surface area (Å²) in [5, 5.41) is 21.8. The summed E-state index contributed by atoms with van der Waals surface area (Å²) in [5.74, 6) is 1.31. The number of benzene rings is 2. The number of aliphatic hydroxyl groups is 1. The summed E-state index contributed by atoms with van der Waals surface area (Å²) in [6, 6.07) is 14.1. The van der Waals surface area contributed by atoms with E-state index in [1.165, 1.54) is 10.5 Å². The molecular weight excluding hydrogens is 522 g/mol. The number of nitrogens with zero attached hydrogens (tertiary/aromatic N) is 2. The number of pyridine rings is 1. The molecule has 1 unspecified atom stereocenters. The number of piperidine rings is 1. The van der Waals surface area contributed by atoms with E-state index in [-0.39, 0.29) is 5.91 Å². The molecule has 3 aromatic rings. The van der Waals surface area contributed by atoms with Crippen molar-refractivity contribution in [1.82, 2.24) is 15.4 Å². The van der Waals surface area contributed by atoms with E-state index in [0.29, 0.717) is 47.5 Å². The van der Waals surface area contributed by atoms with Gasteiger partial charge >= 0.3 is 0 Å². The van der Waals surface area contributed by atoms with E-state index in [1.807, 2.05) is 35.4 Å². The molecule has 0 spiro atoms. The summed E-state index contributed by atoms with van der Waals surface area (Å²) in [5.41, 5.74) is 3.71. The predicted molar refractivity (Wildman–Crippen MR) is 152 cm³/mol. The zero-order valence-electron chi connectivity index (χ0n) is 22.0. The number of carbonyl (C=O) groups excluding carboxylic acids is 1. The van der Waals surface area contributed by atoms with Gasteiger partial charge in [0.05, 0.1) is 29.2 Å². The highest BCUT2D eigenvalue weighted by molar-refractivity contribution is 7.99. The van der Waals surface area contributed by atoms with Gasteiger partial charge in [-0.05, 0) is 94.7 Å². The number of amides is 1. The zero-order valence-corrected chi connectivity index (χ0v) is 23.5. The molecule has 0 bridgehead atoms. The van der Waals surface area contributed by atoms with Crippen LogP contribution in [-0.4, -0.2) is 58.6 Å². The summed E-state index contributed by atoms with van der Waals surface area (Å²) in [4.78, 5) is 20.9. The molecule has 1 aromatic heterocycles. The fraction of sp³-hybridized carbons (Fsp3) is 0.448. The average Bonchev–Trinajstić information content (AvgIpc) is 2.94. The van der Waals surface area contributed by atoms with E-state index in [9.17, 15) is 15.1 Å². The van der Waals surface area contributed by atoms with Gasteiger partial charge in [-0.2, -0.15) is 0 Å². The number of likely N-dealkylation sites (tertiary alicyclic amines) is 1. The van der Waals surface area contributed by atoms with Crippen molar-refractivity contribution in [3.8, 4) is 5.75 Å². The minimum absolute atomic E-state index is 0.330. The van der Waals surface area contributed by atoms with Crippen LogP contribution < -0.4 is 10.2 Å². The Morgan fingerprint density at radius 3 is 2.66 bits per heavy atom. The van der Waals surface area contributed by atoms with Crippen molar-refractivity contribution < 1.29 is 19.8 Å². The molecule has 1 aliphatic heterocycles. The number of aryl methyl sites for hydroxylation is 1. The highest BCUT2D eigenvalue weighted by Gasteiger charge is 2.41. The Kier molecular flexibility index (Phi) is 9.90. The van der Waals surface area contributed by atoms with Crippen molar-refractivity contribution in [2.45, 2.75) is 50.0 Å². The lowest BCUT2D eigenvalue weighted by Gasteiger charge is -2.40. The van der Waals surface area contributed by atoms with Gasteiger partial charge in [-0.25, -0.2) is 5.48 Å². The topological polar surface area (TPSA) is 94.9 Å². The molecule has 2 aromatic carbocycles. The third-order valence-electron chi connectivity index (χ3n) is 7.60. The Labute approximate surface area is 233 Å². The largest absolute Gasteiger partial charge is 0.497 e. The summed E-state index contributed by atoms with van der Waals surface area (Å²) in [6.45, 7) is 4.61. The molecule has 38 heavy (non-hydrogen) atoms. The van der Waals surface area contributed by atoms with Crippen molar-refractivity contribution in [3.63, 3.8) is 0 Å². The predicted octanol–water partition coefficient (Wildman–Crippen LogP) is 5.79. The highest BCUT2D eigenvalue weighted by Crippen LogP contribution is 2.41. The van der Waals surface area contributed by atoms with E-state index in [1.54, 1.807) is 13.3 Å². The first-order chi connectivity index (χ1) is 18.3. The first kappa shape index (κ1) is 28.6. The quantitative estimate of drug-likeness (QED) is 0.119. The van der Waals surface area contributed by atoms with Gasteiger partial charge in [0.1, 0.15) is 5.75 Å². The summed E-state index contributed by atoms with van der Waals surface area (Å²) in [7, 11) is 1.59. The lowest BCUT2D eigenvalue weighted by molar-refractivity contribution is -0.143. The average molecular weight is 558 g/mol. The van der Waals surface area contributed by atoms with Crippen LogP contribution in [0, 0.1) is 12.3 Å². The maximum absolute atomic E-state index is 12.8. The maximum Gasteiger partial charge on any atom is 0.249 e. The Balaban J connectivity index is 1.35. The summed E-state index contributed by atoms with van der Waals surface area (Å²) >= 11 is 8.34. The third-order valence-corrected chi connectivity index (χ3v) is 9.00. The number of hydrogen-bond donors (Lipinski definition) is 3. The van der Waals surface area contributed by atoms with Gasteiger partial charge in [0, 0.05) is 22.0 Å². The number of nitrogens with one attached hydrogen (secondary N) is 1. The number of halogens is 1. The lowest BCUT2D eigenvalue weighted by Crippen LogP contribution is -2.48. The Morgan fingerprint density at radius 2 is 1.97 bits per heavy atom. The first-order valence-corrected chi connectivity index (χ1v) is 14.4. The fourth-order valence-corrected chi connectivity index (χ4v) is 6.33. The monoisotopic (exact) mass is 557 g/mol. The minimum Gasteiger partial charge on any atom is -0.497 e. The number of carbonyl (C=O) groups is 1. The van der Waals surface area contributed by atoms with Crippen LogP contribution in [0.25, 0.3) is 10.9 Å². The molecule has 0 radical (unpaired) electrons. The van der Waals surface area contributed by atoms with Crippen molar-refractivity contribution >= 4 is 40.2 Å². The molecular formula is C29H36ClN3O4S. The highest BCUT2D eigenvalue weighted by atomic mass is 35.5. The number of methoxy groups -OCH3 is 1. The molecule has 1 fully saturated rings. The Bertz CT molecular complexity index is 1230. The van der Waals surface area contributed by atoms with Crippen molar-refractivity contribution in [2.75, 3.05) is 32.5 Å². The molecule has 4 rings (SSSR count). The molecule has 1 atom stereocenters. The van der Waals surface area contributed by atoms with Gasteiger partial charge in [0.25, 0.3) is 0 Å². The number of rotatable bonds is 11. The van der Waals surface area contributed by atoms with Crippen LogP contribution in [0.5, 0.6) is 5.75 Å². The van der Waals surface area contributed by atoms with E-state index in [0.717, 1.165) is 37.2 Å². The lowest BCUT2D eigenvalue weighted by atomic mass is 9.73. The first-order valence-electron chi connectivity index (χ1n) is 13.0. The maximum atomic E-state index is 12.8. The number of hydroxylamine groups is 1. The zero-order chi connectivity index (χ0) is 27.1. The van der Waals surface area contributed by atoms with Crippen molar-refractivity contribution in [2.24, 2.45) is 5.41 Å². The van der Waals surface area contributed by atoms with Crippen LogP contribution >= 0.6 is 23.4 Å². The summed E-state index contributed by atoms with van der Waals surface area (Å²) in [6.07, 6.45) is 3.72. The van der Waals surface area contributed by atoms with E-state index >= 15 is 0 Å².